The first-order chi connectivity index (χ1) is 27.1. The Hall–Kier alpha value is -2.89. The van der Waals surface area contributed by atoms with E-state index < -0.39 is 83.8 Å². The number of carbonyl (C=O) groups is 3. The number of benzene rings is 1. The zero-order chi connectivity index (χ0) is 43.7. The van der Waals surface area contributed by atoms with Gasteiger partial charge in [0.25, 0.3) is 0 Å². The minimum Gasteiger partial charge on any atom is -0.497 e. The van der Waals surface area contributed by atoms with Crippen LogP contribution in [-0.2, 0) is 49.2 Å². The van der Waals surface area contributed by atoms with Crippen molar-refractivity contribution in [2.45, 2.75) is 154 Å². The van der Waals surface area contributed by atoms with E-state index >= 15 is 0 Å². The van der Waals surface area contributed by atoms with Crippen LogP contribution >= 0.6 is 0 Å². The number of esters is 3. The summed E-state index contributed by atoms with van der Waals surface area (Å²) in [7, 11) is 8.52. The second kappa shape index (κ2) is 21.6. The summed E-state index contributed by atoms with van der Waals surface area (Å²) in [6.07, 6.45) is -5.98. The summed E-state index contributed by atoms with van der Waals surface area (Å²) in [5, 5.41) is 35.9. The van der Waals surface area contributed by atoms with Gasteiger partial charge in [-0.1, -0.05) is 32.9 Å². The van der Waals surface area contributed by atoms with Gasteiger partial charge in [0.2, 0.25) is 0 Å². The molecule has 14 atom stereocenters. The highest BCUT2D eigenvalue weighted by molar-refractivity contribution is 5.76. The van der Waals surface area contributed by atoms with Crippen molar-refractivity contribution < 1.29 is 62.9 Å². The van der Waals surface area contributed by atoms with Crippen LogP contribution in [0.5, 0.6) is 5.75 Å². The lowest BCUT2D eigenvalue weighted by Crippen LogP contribution is -2.60. The molecule has 0 radical (unpaired) electrons. The number of hydrogen-bond acceptors (Lipinski definition) is 15. The fourth-order valence-electron chi connectivity index (χ4n) is 8.59. The van der Waals surface area contributed by atoms with Gasteiger partial charge in [-0.05, 0) is 98.6 Å². The zero-order valence-electron chi connectivity index (χ0n) is 37.0. The Kier molecular flexibility index (Phi) is 18.4. The van der Waals surface area contributed by atoms with Crippen LogP contribution in [0.1, 0.15) is 86.6 Å². The van der Waals surface area contributed by atoms with Crippen molar-refractivity contribution in [3.05, 3.63) is 29.8 Å². The molecule has 0 unspecified atom stereocenters. The molecule has 3 rings (SSSR count). The molecule has 15 nitrogen and oxygen atoms in total. The first kappa shape index (κ1) is 49.5. The fourth-order valence-corrected chi connectivity index (χ4v) is 8.59. The van der Waals surface area contributed by atoms with Crippen LogP contribution in [0.15, 0.2) is 24.3 Å². The number of aliphatic hydroxyl groups excluding tert-OH is 1. The van der Waals surface area contributed by atoms with E-state index in [1.807, 2.05) is 44.8 Å². The SMILES string of the molecule is CC[C@H]1OC(=O)[C@H](C)[C@@H](OC(=O)Cc2ccc(OC)cc2)[C@H](C)[C@@H](O[C@@H]2O[C@H](C)C[C@H](N(C)C)[C@H]2OCCC(=O)OC)[C@@](C)(O)C[C@@H](C)CN(C)[C@H](C)[C@@H](O)[C@]1(C)O. The molecule has 1 aromatic carbocycles. The van der Waals surface area contributed by atoms with Crippen LogP contribution in [0.2, 0.25) is 0 Å². The smallest absolute Gasteiger partial charge is 0.312 e. The van der Waals surface area contributed by atoms with E-state index in [1.165, 1.54) is 14.0 Å². The van der Waals surface area contributed by atoms with Crippen molar-refractivity contribution in [3.8, 4) is 5.75 Å². The largest absolute Gasteiger partial charge is 0.497 e. The summed E-state index contributed by atoms with van der Waals surface area (Å²) < 4.78 is 42.1. The van der Waals surface area contributed by atoms with Gasteiger partial charge >= 0.3 is 17.9 Å². The number of likely N-dealkylation sites (N-methyl/N-ethyl adjacent to an activating group) is 2. The van der Waals surface area contributed by atoms with E-state index in [-0.39, 0.29) is 50.4 Å². The molecule has 2 saturated heterocycles. The second-order valence-electron chi connectivity index (χ2n) is 17.3. The topological polar surface area (TPSA) is 183 Å². The predicted molar refractivity (Wildman–Crippen MR) is 216 cm³/mol. The predicted octanol–water partition coefficient (Wildman–Crippen LogP) is 3.37. The van der Waals surface area contributed by atoms with Gasteiger partial charge in [0.1, 0.15) is 35.8 Å². The summed E-state index contributed by atoms with van der Waals surface area (Å²) in [4.78, 5) is 44.0. The Morgan fingerprint density at radius 1 is 1.00 bits per heavy atom. The Bertz CT molecular complexity index is 1460. The summed E-state index contributed by atoms with van der Waals surface area (Å²) >= 11 is 0. The standard InChI is InChI=1S/C43H72N2O13/c1-14-33-43(8,51)38(48)29(6)45(11)24-25(2)23-42(7,50)39(58-41-37(54-20-19-34(46)53-13)32(44(9)10)21-26(3)55-41)27(4)36(28(5)40(49)56-33)57-35(47)22-30-15-17-31(52-12)18-16-30/h15-18,25-29,32-33,36-39,41,48,50-51H,14,19-24H2,1-13H3/t25-,26-,27+,28-,29-,32+,33-,36+,37-,38-,39-,41+,42+,43-/m1/s1. The number of aliphatic hydroxyl groups is 3. The second-order valence-corrected chi connectivity index (χ2v) is 17.3. The Labute approximate surface area is 345 Å². The third-order valence-electron chi connectivity index (χ3n) is 12.0. The molecule has 2 fully saturated rings. The number of rotatable bonds is 12. The summed E-state index contributed by atoms with van der Waals surface area (Å²) in [5.74, 6) is -3.40. The molecule has 3 N–H and O–H groups in total. The molecule has 15 heteroatoms. The first-order valence-corrected chi connectivity index (χ1v) is 20.6. The average Bonchev–Trinajstić information content (AvgIpc) is 3.16. The summed E-state index contributed by atoms with van der Waals surface area (Å²) in [6, 6.07) is 6.18. The molecular weight excluding hydrogens is 752 g/mol. The molecule has 0 amide bonds. The van der Waals surface area contributed by atoms with Crippen LogP contribution in [0.4, 0.5) is 0 Å². The van der Waals surface area contributed by atoms with Crippen LogP contribution in [0.25, 0.3) is 0 Å². The van der Waals surface area contributed by atoms with Crippen molar-refractivity contribution in [1.29, 1.82) is 0 Å². The van der Waals surface area contributed by atoms with Gasteiger partial charge in [0, 0.05) is 24.5 Å². The number of nitrogens with zero attached hydrogens (tertiary/aromatic N) is 2. The van der Waals surface area contributed by atoms with Crippen molar-refractivity contribution in [3.63, 3.8) is 0 Å². The van der Waals surface area contributed by atoms with Crippen LogP contribution in [0, 0.1) is 17.8 Å². The van der Waals surface area contributed by atoms with Gasteiger partial charge in [-0.2, -0.15) is 0 Å². The van der Waals surface area contributed by atoms with Crippen LogP contribution < -0.4 is 4.74 Å². The van der Waals surface area contributed by atoms with E-state index in [0.717, 1.165) is 0 Å². The van der Waals surface area contributed by atoms with Gasteiger partial charge in [-0.25, -0.2) is 0 Å². The molecule has 1 aromatic rings. The van der Waals surface area contributed by atoms with E-state index in [9.17, 15) is 29.7 Å². The quantitative estimate of drug-likeness (QED) is 0.206. The molecule has 2 aliphatic heterocycles. The fraction of sp³-hybridized carbons (Fsp3) is 0.791. The van der Waals surface area contributed by atoms with Gasteiger partial charge in [0.15, 0.2) is 6.29 Å². The third kappa shape index (κ3) is 12.8. The molecular formula is C43H72N2O13. The lowest BCUT2D eigenvalue weighted by molar-refractivity contribution is -0.306. The van der Waals surface area contributed by atoms with Crippen molar-refractivity contribution in [1.82, 2.24) is 9.80 Å². The zero-order valence-corrected chi connectivity index (χ0v) is 37.0. The third-order valence-corrected chi connectivity index (χ3v) is 12.0. The monoisotopic (exact) mass is 825 g/mol. The Morgan fingerprint density at radius 3 is 2.21 bits per heavy atom. The maximum Gasteiger partial charge on any atom is 0.312 e. The molecule has 332 valence electrons. The molecule has 0 bridgehead atoms. The van der Waals surface area contributed by atoms with Crippen LogP contribution in [-0.4, -0.2) is 158 Å². The number of hydrogen-bond donors (Lipinski definition) is 3. The number of cyclic esters (lactones) is 1. The van der Waals surface area contributed by atoms with E-state index in [0.29, 0.717) is 24.3 Å². The van der Waals surface area contributed by atoms with Crippen molar-refractivity contribution >= 4 is 17.9 Å². The summed E-state index contributed by atoms with van der Waals surface area (Å²) in [5.41, 5.74) is -2.82. The van der Waals surface area contributed by atoms with Crippen LogP contribution in [0.3, 0.4) is 0 Å². The first-order valence-electron chi connectivity index (χ1n) is 20.6. The highest BCUT2D eigenvalue weighted by Gasteiger charge is 2.51. The van der Waals surface area contributed by atoms with Crippen molar-refractivity contribution in [2.75, 3.05) is 48.5 Å². The molecule has 2 heterocycles. The normalized spacial score (nSPS) is 37.3. The van der Waals surface area contributed by atoms with E-state index in [1.54, 1.807) is 66.0 Å². The minimum absolute atomic E-state index is 0.00259. The minimum atomic E-state index is -1.84. The molecule has 0 saturated carbocycles. The van der Waals surface area contributed by atoms with Gasteiger partial charge in [-0.15, -0.1) is 0 Å². The van der Waals surface area contributed by atoms with E-state index in [4.69, 9.17) is 33.2 Å². The van der Waals surface area contributed by atoms with Gasteiger partial charge in [-0.3, -0.25) is 14.4 Å². The van der Waals surface area contributed by atoms with Gasteiger partial charge in [0.05, 0.1) is 57.4 Å². The average molecular weight is 825 g/mol. The summed E-state index contributed by atoms with van der Waals surface area (Å²) in [6.45, 7) is 14.3. The molecule has 0 spiro atoms. The molecule has 0 aromatic heterocycles. The number of carbonyl (C=O) groups excluding carboxylic acids is 3. The molecule has 58 heavy (non-hydrogen) atoms. The maximum atomic E-state index is 14.2. The molecule has 0 aliphatic carbocycles. The number of ether oxygens (including phenoxy) is 7. The number of methoxy groups -OCH3 is 2. The highest BCUT2D eigenvalue weighted by atomic mass is 16.7. The lowest BCUT2D eigenvalue weighted by atomic mass is 9.77. The maximum absolute atomic E-state index is 14.2. The molecule has 2 aliphatic rings. The Balaban J connectivity index is 2.17. The van der Waals surface area contributed by atoms with Gasteiger partial charge < -0.3 is 58.3 Å². The lowest BCUT2D eigenvalue weighted by Gasteiger charge is -2.48. The highest BCUT2D eigenvalue weighted by Crippen LogP contribution is 2.38. The van der Waals surface area contributed by atoms with Crippen molar-refractivity contribution in [2.24, 2.45) is 17.8 Å². The Morgan fingerprint density at radius 2 is 1.64 bits per heavy atom. The van der Waals surface area contributed by atoms with E-state index in [2.05, 4.69) is 0 Å².